The van der Waals surface area contributed by atoms with Crippen LogP contribution in [0.2, 0.25) is 0 Å². The van der Waals surface area contributed by atoms with Crippen LogP contribution in [-0.2, 0) is 4.74 Å². The van der Waals surface area contributed by atoms with Crippen molar-refractivity contribution in [1.82, 2.24) is 0 Å². The third kappa shape index (κ3) is 1.81. The first kappa shape index (κ1) is 8.12. The van der Waals surface area contributed by atoms with Gasteiger partial charge in [0.15, 0.2) is 5.90 Å². The van der Waals surface area contributed by atoms with Gasteiger partial charge >= 0.3 is 0 Å². The third-order valence-electron chi connectivity index (χ3n) is 2.02. The van der Waals surface area contributed by atoms with E-state index in [1.807, 2.05) is 6.92 Å². The van der Waals surface area contributed by atoms with Gasteiger partial charge in [-0.15, -0.1) is 0 Å². The fourth-order valence-corrected chi connectivity index (χ4v) is 1.34. The fourth-order valence-electron chi connectivity index (χ4n) is 1.34. The van der Waals surface area contributed by atoms with E-state index < -0.39 is 0 Å². The summed E-state index contributed by atoms with van der Waals surface area (Å²) in [6, 6.07) is 0. The Bertz CT molecular complexity index is 363. The summed E-state index contributed by atoms with van der Waals surface area (Å²) in [6.45, 7) is 2.52. The van der Waals surface area contributed by atoms with Gasteiger partial charge in [0.25, 0.3) is 0 Å². The molecule has 2 heteroatoms. The normalized spacial score (nSPS) is 20.2. The summed E-state index contributed by atoms with van der Waals surface area (Å²) in [7, 11) is 0. The second kappa shape index (κ2) is 3.49. The van der Waals surface area contributed by atoms with Crippen LogP contribution in [0, 0.1) is 11.8 Å². The van der Waals surface area contributed by atoms with Gasteiger partial charge in [0, 0.05) is 25.3 Å². The van der Waals surface area contributed by atoms with E-state index >= 15 is 0 Å². The van der Waals surface area contributed by atoms with E-state index in [1.165, 1.54) is 5.57 Å². The first-order chi connectivity index (χ1) is 6.36. The van der Waals surface area contributed by atoms with Gasteiger partial charge in [0.2, 0.25) is 0 Å². The van der Waals surface area contributed by atoms with Crippen LogP contribution in [-0.4, -0.2) is 12.5 Å². The number of rotatable bonds is 0. The highest BCUT2D eigenvalue weighted by Gasteiger charge is 2.11. The average molecular weight is 173 g/mol. The van der Waals surface area contributed by atoms with Gasteiger partial charge in [-0.25, -0.2) is 4.99 Å². The summed E-state index contributed by atoms with van der Waals surface area (Å²) in [5, 5.41) is 0. The molecule has 66 valence electrons. The molecule has 0 aromatic carbocycles. The Labute approximate surface area is 78.0 Å². The van der Waals surface area contributed by atoms with Crippen LogP contribution in [0.1, 0.15) is 19.8 Å². The van der Waals surface area contributed by atoms with E-state index in [0.29, 0.717) is 6.61 Å². The number of nitrogens with zero attached hydrogens (tertiary/aromatic N) is 1. The summed E-state index contributed by atoms with van der Waals surface area (Å²) in [5.41, 5.74) is 2.21. The maximum atomic E-state index is 5.34. The monoisotopic (exact) mass is 173 g/mol. The summed E-state index contributed by atoms with van der Waals surface area (Å²) >= 11 is 0. The Kier molecular flexibility index (Phi) is 2.18. The van der Waals surface area contributed by atoms with Crippen molar-refractivity contribution in [2.45, 2.75) is 19.8 Å². The molecule has 0 saturated carbocycles. The first-order valence-corrected chi connectivity index (χ1v) is 4.39. The summed E-state index contributed by atoms with van der Waals surface area (Å²) in [4.78, 5) is 4.33. The van der Waals surface area contributed by atoms with Gasteiger partial charge in [-0.05, 0) is 6.08 Å². The Balaban J connectivity index is 2.36. The minimum Gasteiger partial charge on any atom is -0.476 e. The predicted octanol–water partition coefficient (Wildman–Crippen LogP) is 2.04. The number of allylic oxidation sites excluding steroid dienone is 2. The predicted molar refractivity (Wildman–Crippen MR) is 52.2 cm³/mol. The second-order valence-electron chi connectivity index (χ2n) is 3.00. The number of hydrogen-bond donors (Lipinski definition) is 0. The lowest BCUT2D eigenvalue weighted by atomic mass is 10.1. The molecule has 1 aliphatic carbocycles. The van der Waals surface area contributed by atoms with Gasteiger partial charge in [-0.3, -0.25) is 0 Å². The molecule has 2 nitrogen and oxygen atoms in total. The van der Waals surface area contributed by atoms with Crippen LogP contribution in [0.3, 0.4) is 0 Å². The van der Waals surface area contributed by atoms with Crippen LogP contribution in [0.15, 0.2) is 28.4 Å². The standard InChI is InChI=1S/C11H11NO/c1-9-12-11-7-5-3-2-4-6-10(11)8-13-9/h6-7H,4-5,8H2,1H3. The van der Waals surface area contributed by atoms with Gasteiger partial charge in [0.1, 0.15) is 6.61 Å². The van der Waals surface area contributed by atoms with Gasteiger partial charge in [-0.1, -0.05) is 17.9 Å². The largest absolute Gasteiger partial charge is 0.476 e. The molecular formula is C11H11NO. The minimum atomic E-state index is 0.642. The van der Waals surface area contributed by atoms with E-state index in [0.717, 1.165) is 24.4 Å². The molecule has 0 saturated heterocycles. The zero-order valence-electron chi connectivity index (χ0n) is 7.63. The van der Waals surface area contributed by atoms with Crippen molar-refractivity contribution < 1.29 is 4.74 Å². The van der Waals surface area contributed by atoms with Crippen molar-refractivity contribution in [3.8, 4) is 11.8 Å². The molecule has 0 fully saturated rings. The van der Waals surface area contributed by atoms with E-state index in [2.05, 4.69) is 29.0 Å². The Morgan fingerprint density at radius 3 is 2.92 bits per heavy atom. The lowest BCUT2D eigenvalue weighted by molar-refractivity contribution is 0.328. The average Bonchev–Trinajstić information content (AvgIpc) is 2.08. The van der Waals surface area contributed by atoms with Crippen LogP contribution < -0.4 is 0 Å². The van der Waals surface area contributed by atoms with Crippen molar-refractivity contribution in [2.24, 2.45) is 4.99 Å². The second-order valence-corrected chi connectivity index (χ2v) is 3.00. The molecule has 0 atom stereocenters. The van der Waals surface area contributed by atoms with Crippen molar-refractivity contribution in [3.05, 3.63) is 23.4 Å². The number of ether oxygens (including phenoxy) is 1. The van der Waals surface area contributed by atoms with E-state index in [4.69, 9.17) is 4.74 Å². The zero-order chi connectivity index (χ0) is 9.10. The topological polar surface area (TPSA) is 21.6 Å². The molecule has 2 aliphatic rings. The lowest BCUT2D eigenvalue weighted by Crippen LogP contribution is -2.12. The molecule has 0 aromatic heterocycles. The number of fused-ring (bicyclic) bond motifs is 1. The molecule has 0 aromatic rings. The highest BCUT2D eigenvalue weighted by atomic mass is 16.5. The van der Waals surface area contributed by atoms with Gasteiger partial charge < -0.3 is 4.74 Å². The van der Waals surface area contributed by atoms with Crippen molar-refractivity contribution in [1.29, 1.82) is 0 Å². The lowest BCUT2D eigenvalue weighted by Gasteiger charge is -2.16. The first-order valence-electron chi connectivity index (χ1n) is 4.39. The number of aliphatic imine (C=N–C) groups is 1. The number of hydrogen-bond acceptors (Lipinski definition) is 2. The van der Waals surface area contributed by atoms with Crippen molar-refractivity contribution in [3.63, 3.8) is 0 Å². The quantitative estimate of drug-likeness (QED) is 0.514. The van der Waals surface area contributed by atoms with E-state index in [9.17, 15) is 0 Å². The van der Waals surface area contributed by atoms with Gasteiger partial charge in [0.05, 0.1) is 5.70 Å². The molecule has 0 unspecified atom stereocenters. The molecule has 0 spiro atoms. The molecule has 1 aliphatic heterocycles. The molecule has 1 heterocycles. The molecule has 0 amide bonds. The van der Waals surface area contributed by atoms with E-state index in [1.54, 1.807) is 0 Å². The van der Waals surface area contributed by atoms with Crippen molar-refractivity contribution >= 4 is 5.90 Å². The Morgan fingerprint density at radius 2 is 2.08 bits per heavy atom. The summed E-state index contributed by atoms with van der Waals surface area (Å²) < 4.78 is 5.34. The SMILES string of the molecule is CC1=NC2=CCC#CCC=C2CO1. The Hall–Kier alpha value is -1.49. The molecule has 0 bridgehead atoms. The molecule has 0 N–H and O–H groups in total. The van der Waals surface area contributed by atoms with Gasteiger partial charge in [-0.2, -0.15) is 0 Å². The summed E-state index contributed by atoms with van der Waals surface area (Å²) in [5.74, 6) is 6.86. The van der Waals surface area contributed by atoms with E-state index in [-0.39, 0.29) is 0 Å². The molecule has 2 rings (SSSR count). The molecule has 13 heavy (non-hydrogen) atoms. The van der Waals surface area contributed by atoms with Crippen molar-refractivity contribution in [2.75, 3.05) is 6.61 Å². The third-order valence-corrected chi connectivity index (χ3v) is 2.02. The maximum Gasteiger partial charge on any atom is 0.185 e. The van der Waals surface area contributed by atoms with Crippen LogP contribution in [0.5, 0.6) is 0 Å². The fraction of sp³-hybridized carbons (Fsp3) is 0.364. The van der Waals surface area contributed by atoms with Crippen LogP contribution >= 0.6 is 0 Å². The molecule has 0 radical (unpaired) electrons. The highest BCUT2D eigenvalue weighted by molar-refractivity contribution is 5.76. The summed E-state index contributed by atoms with van der Waals surface area (Å²) in [6.07, 6.45) is 5.76. The van der Waals surface area contributed by atoms with Crippen LogP contribution in [0.25, 0.3) is 0 Å². The highest BCUT2D eigenvalue weighted by Crippen LogP contribution is 2.19. The maximum absolute atomic E-state index is 5.34. The van der Waals surface area contributed by atoms with Crippen LogP contribution in [0.4, 0.5) is 0 Å². The smallest absolute Gasteiger partial charge is 0.185 e. The Morgan fingerprint density at radius 1 is 1.31 bits per heavy atom. The zero-order valence-corrected chi connectivity index (χ0v) is 7.63. The minimum absolute atomic E-state index is 0.642. The molecular weight excluding hydrogens is 162 g/mol.